The Hall–Kier alpha value is -1.64. The number of halogens is 2. The molecule has 1 aromatic heterocycles. The maximum atomic E-state index is 13.0. The van der Waals surface area contributed by atoms with Gasteiger partial charge in [0.05, 0.1) is 16.4 Å². The maximum absolute atomic E-state index is 13.0. The molecule has 29 heavy (non-hydrogen) atoms. The summed E-state index contributed by atoms with van der Waals surface area (Å²) in [4.78, 5) is 5.67. The van der Waals surface area contributed by atoms with Crippen molar-refractivity contribution in [2.75, 3.05) is 13.1 Å². The fourth-order valence-corrected chi connectivity index (χ4v) is 6.22. The van der Waals surface area contributed by atoms with E-state index in [9.17, 15) is 8.42 Å². The lowest BCUT2D eigenvalue weighted by Crippen LogP contribution is -2.28. The van der Waals surface area contributed by atoms with Gasteiger partial charge in [-0.2, -0.15) is 4.31 Å². The third kappa shape index (κ3) is 4.44. The Labute approximate surface area is 185 Å². The van der Waals surface area contributed by atoms with Gasteiger partial charge in [-0.15, -0.1) is 23.7 Å². The minimum Gasteiger partial charge on any atom is -0.320 e. The largest absolute Gasteiger partial charge is 0.320 e. The summed E-state index contributed by atoms with van der Waals surface area (Å²) in [7, 11) is -1.65. The molecule has 0 atom stereocenters. The number of hydrogen-bond acceptors (Lipinski definition) is 4. The van der Waals surface area contributed by atoms with Crippen LogP contribution in [0.15, 0.2) is 63.8 Å². The second-order valence-corrected chi connectivity index (χ2v) is 9.82. The second kappa shape index (κ2) is 9.02. The van der Waals surface area contributed by atoms with Gasteiger partial charge in [-0.3, -0.25) is 0 Å². The second-order valence-electron chi connectivity index (χ2n) is 6.67. The molecule has 3 aromatic rings. The number of thiazole rings is 1. The summed E-state index contributed by atoms with van der Waals surface area (Å²) >= 11 is 7.78. The first kappa shape index (κ1) is 22.1. The minimum absolute atomic E-state index is 0. The minimum atomic E-state index is -3.58. The molecule has 9 heteroatoms. The predicted octanol–water partition coefficient (Wildman–Crippen LogP) is 4.85. The van der Waals surface area contributed by atoms with Crippen LogP contribution in [0.4, 0.5) is 5.69 Å². The maximum Gasteiger partial charge on any atom is 0.244 e. The van der Waals surface area contributed by atoms with Crippen molar-refractivity contribution in [2.24, 2.45) is 12.0 Å². The number of nitrogens with zero attached hydrogens (tertiary/aromatic N) is 3. The number of rotatable bonds is 4. The Bertz CT molecular complexity index is 1170. The topological polar surface area (TPSA) is 54.7 Å². The Morgan fingerprint density at radius 2 is 1.76 bits per heavy atom. The monoisotopic (exact) mass is 469 g/mol. The zero-order chi connectivity index (χ0) is 19.7. The highest BCUT2D eigenvalue weighted by Crippen LogP contribution is 2.31. The molecule has 154 valence electrons. The summed E-state index contributed by atoms with van der Waals surface area (Å²) in [6.07, 6.45) is 1.78. The van der Waals surface area contributed by atoms with Crippen LogP contribution >= 0.6 is 35.3 Å². The van der Waals surface area contributed by atoms with Crippen molar-refractivity contribution in [3.8, 4) is 11.3 Å². The Kier molecular flexibility index (Phi) is 6.86. The van der Waals surface area contributed by atoms with E-state index in [0.717, 1.165) is 34.6 Å². The van der Waals surface area contributed by atoms with E-state index in [2.05, 4.69) is 4.99 Å². The highest BCUT2D eigenvalue weighted by molar-refractivity contribution is 7.89. The van der Waals surface area contributed by atoms with E-state index in [1.165, 1.54) is 15.6 Å². The van der Waals surface area contributed by atoms with Gasteiger partial charge in [0.25, 0.3) is 0 Å². The van der Waals surface area contributed by atoms with Crippen LogP contribution in [0.3, 0.4) is 0 Å². The summed E-state index contributed by atoms with van der Waals surface area (Å²) in [5.74, 6) is 0. The molecular weight excluding hydrogens is 449 g/mol. The normalized spacial score (nSPS) is 15.4. The predicted molar refractivity (Wildman–Crippen MR) is 121 cm³/mol. The molecule has 0 spiro atoms. The van der Waals surface area contributed by atoms with Crippen molar-refractivity contribution in [3.63, 3.8) is 0 Å². The van der Waals surface area contributed by atoms with Crippen molar-refractivity contribution < 1.29 is 8.42 Å². The fraction of sp³-hybridized carbons (Fsp3) is 0.250. The molecule has 4 rings (SSSR count). The lowest BCUT2D eigenvalue weighted by Gasteiger charge is -2.17. The van der Waals surface area contributed by atoms with Crippen molar-refractivity contribution >= 4 is 51.1 Å². The van der Waals surface area contributed by atoms with Crippen molar-refractivity contribution in [1.82, 2.24) is 8.87 Å². The first-order valence-corrected chi connectivity index (χ1v) is 11.7. The zero-order valence-electron chi connectivity index (χ0n) is 15.8. The van der Waals surface area contributed by atoms with Gasteiger partial charge in [0.1, 0.15) is 4.90 Å². The molecule has 0 unspecified atom stereocenters. The highest BCUT2D eigenvalue weighted by atomic mass is 35.5. The summed E-state index contributed by atoms with van der Waals surface area (Å²) in [6, 6.07) is 14.9. The van der Waals surface area contributed by atoms with Crippen molar-refractivity contribution in [1.29, 1.82) is 0 Å². The average Bonchev–Trinajstić information content (AvgIpc) is 3.35. The number of sulfonamides is 1. The summed E-state index contributed by atoms with van der Waals surface area (Å²) in [5, 5.41) is 2.24. The van der Waals surface area contributed by atoms with Crippen molar-refractivity contribution in [2.45, 2.75) is 17.7 Å². The van der Waals surface area contributed by atoms with Crippen LogP contribution < -0.4 is 4.80 Å². The molecule has 0 aliphatic carbocycles. The Balaban J connectivity index is 0.00000240. The average molecular weight is 470 g/mol. The third-order valence-electron chi connectivity index (χ3n) is 4.82. The fourth-order valence-electron chi connectivity index (χ4n) is 3.27. The van der Waals surface area contributed by atoms with E-state index >= 15 is 0 Å². The van der Waals surface area contributed by atoms with E-state index in [0.29, 0.717) is 13.1 Å². The molecule has 0 amide bonds. The lowest BCUT2D eigenvalue weighted by molar-refractivity contribution is 0.477. The van der Waals surface area contributed by atoms with Gasteiger partial charge in [-0.25, -0.2) is 13.4 Å². The van der Waals surface area contributed by atoms with E-state index in [4.69, 9.17) is 11.6 Å². The van der Waals surface area contributed by atoms with Gasteiger partial charge in [0.15, 0.2) is 4.80 Å². The summed E-state index contributed by atoms with van der Waals surface area (Å²) in [6.45, 7) is 1.10. The molecule has 1 aliphatic heterocycles. The number of aromatic nitrogens is 1. The zero-order valence-corrected chi connectivity index (χ0v) is 19.0. The summed E-state index contributed by atoms with van der Waals surface area (Å²) in [5.41, 5.74) is 2.57. The quantitative estimate of drug-likeness (QED) is 0.548. The van der Waals surface area contributed by atoms with Crippen LogP contribution in [-0.2, 0) is 17.1 Å². The van der Waals surface area contributed by atoms with Crippen molar-refractivity contribution in [3.05, 3.63) is 63.7 Å². The number of benzene rings is 2. The van der Waals surface area contributed by atoms with Gasteiger partial charge in [0, 0.05) is 31.1 Å². The molecule has 2 aromatic carbocycles. The smallest absolute Gasteiger partial charge is 0.244 e. The number of hydrogen-bond donors (Lipinski definition) is 0. The van der Waals surface area contributed by atoms with Gasteiger partial charge in [-0.1, -0.05) is 35.9 Å². The van der Waals surface area contributed by atoms with Crippen LogP contribution in [0.25, 0.3) is 11.3 Å². The molecule has 2 heterocycles. The van der Waals surface area contributed by atoms with Gasteiger partial charge < -0.3 is 4.57 Å². The Morgan fingerprint density at radius 3 is 2.45 bits per heavy atom. The van der Waals surface area contributed by atoms with Gasteiger partial charge >= 0.3 is 0 Å². The molecule has 0 saturated carbocycles. The molecular formula is C20H21Cl2N3O2S2. The molecule has 0 bridgehead atoms. The standard InChI is InChI=1S/C20H20ClN3O2S2.ClH/c1-23-18(14-27-20(23)22-16-7-3-2-4-8-16)15-9-10-17(21)19(13-15)28(25,26)24-11-5-6-12-24;/h2-4,7-10,13-14H,5-6,11-12H2,1H3;1H/b22-20+;. The van der Waals surface area contributed by atoms with Crippen LogP contribution in [-0.4, -0.2) is 30.4 Å². The van der Waals surface area contributed by atoms with E-state index in [-0.39, 0.29) is 22.3 Å². The van der Waals surface area contributed by atoms with Crippen LogP contribution in [0.5, 0.6) is 0 Å². The third-order valence-corrected chi connectivity index (χ3v) is 8.11. The molecule has 0 radical (unpaired) electrons. The first-order valence-electron chi connectivity index (χ1n) is 9.01. The van der Waals surface area contributed by atoms with E-state index in [1.54, 1.807) is 12.1 Å². The summed E-state index contributed by atoms with van der Waals surface area (Å²) < 4.78 is 29.5. The van der Waals surface area contributed by atoms with Gasteiger partial charge in [0.2, 0.25) is 10.0 Å². The Morgan fingerprint density at radius 1 is 1.07 bits per heavy atom. The molecule has 1 aliphatic rings. The highest BCUT2D eigenvalue weighted by Gasteiger charge is 2.29. The number of para-hydroxylation sites is 1. The molecule has 5 nitrogen and oxygen atoms in total. The molecule has 1 fully saturated rings. The molecule has 0 N–H and O–H groups in total. The van der Waals surface area contributed by atoms with Crippen LogP contribution in [0, 0.1) is 0 Å². The SMILES string of the molecule is Cl.Cn1c(-c2ccc(Cl)c(S(=O)(=O)N3CCCC3)c2)cs/c1=N/c1ccccc1. The van der Waals surface area contributed by atoms with E-state index in [1.807, 2.05) is 53.4 Å². The van der Waals surface area contributed by atoms with Gasteiger partial charge in [-0.05, 0) is 37.1 Å². The molecule has 1 saturated heterocycles. The van der Waals surface area contributed by atoms with E-state index < -0.39 is 10.0 Å². The lowest BCUT2D eigenvalue weighted by atomic mass is 10.2. The van der Waals surface area contributed by atoms with Crippen LogP contribution in [0.1, 0.15) is 12.8 Å². The first-order chi connectivity index (χ1) is 13.5. The van der Waals surface area contributed by atoms with Crippen LogP contribution in [0.2, 0.25) is 5.02 Å².